The van der Waals surface area contributed by atoms with Gasteiger partial charge in [-0.15, -0.1) is 11.3 Å². The number of β-lactam (4-membered cyclic amide) rings is 1. The number of aliphatic hydroxyl groups excluding tert-OH is 1. The second-order valence-electron chi connectivity index (χ2n) is 5.85. The molecule has 0 spiro atoms. The van der Waals surface area contributed by atoms with Crippen LogP contribution in [0.2, 0.25) is 0 Å². The zero-order valence-electron chi connectivity index (χ0n) is 14.1. The first kappa shape index (κ1) is 19.4. The average molecular weight is 412 g/mol. The normalized spacial score (nSPS) is 24.1. The van der Waals surface area contributed by atoms with Crippen LogP contribution in [0.4, 0.5) is 0 Å². The number of hydrogen-bond donors (Lipinski definition) is 3. The molecule has 2 amide bonds. The van der Waals surface area contributed by atoms with E-state index in [1.165, 1.54) is 11.3 Å². The van der Waals surface area contributed by atoms with Crippen molar-refractivity contribution in [3.05, 3.63) is 33.7 Å². The van der Waals surface area contributed by atoms with Crippen molar-refractivity contribution >= 4 is 46.9 Å². The minimum Gasteiger partial charge on any atom is -0.477 e. The maximum absolute atomic E-state index is 12.5. The van der Waals surface area contributed by atoms with E-state index >= 15 is 0 Å². The first-order valence-corrected chi connectivity index (χ1v) is 9.70. The third-order valence-electron chi connectivity index (χ3n) is 4.02. The Kier molecular flexibility index (Phi) is 5.53. The number of hydrogen-bond acceptors (Lipinski definition) is 8. The molecule has 1 fully saturated rings. The highest BCUT2D eigenvalue weighted by Gasteiger charge is 2.56. The van der Waals surface area contributed by atoms with E-state index in [-0.39, 0.29) is 17.9 Å². The summed E-state index contributed by atoms with van der Waals surface area (Å²) in [6, 6.07) is 2.68. The highest BCUT2D eigenvalue weighted by atomic mass is 32.2. The van der Waals surface area contributed by atoms with Gasteiger partial charge >= 0.3 is 11.9 Å². The SMILES string of the molecule is CC(=O)OCC1=C(C(=O)O)N2C(=O)[C@@H](NC(=O)Cc3cccs3)[C@H]2SC1O. The van der Waals surface area contributed by atoms with Crippen molar-refractivity contribution in [1.82, 2.24) is 10.2 Å². The molecule has 1 aromatic heterocycles. The van der Waals surface area contributed by atoms with Crippen LogP contribution in [-0.2, 0) is 30.3 Å². The number of rotatable bonds is 6. The van der Waals surface area contributed by atoms with E-state index in [1.54, 1.807) is 6.07 Å². The number of thiophene rings is 1. The van der Waals surface area contributed by atoms with Gasteiger partial charge in [0.05, 0.1) is 6.42 Å². The highest BCUT2D eigenvalue weighted by Crippen LogP contribution is 2.43. The van der Waals surface area contributed by atoms with Gasteiger partial charge in [-0.1, -0.05) is 17.8 Å². The molecule has 9 nitrogen and oxygen atoms in total. The van der Waals surface area contributed by atoms with Crippen molar-refractivity contribution in [3.63, 3.8) is 0 Å². The summed E-state index contributed by atoms with van der Waals surface area (Å²) in [5.41, 5.74) is -1.77. The number of carboxylic acids is 1. The Bertz CT molecular complexity index is 821. The van der Waals surface area contributed by atoms with Gasteiger partial charge in [0.1, 0.15) is 29.2 Å². The number of carbonyl (C=O) groups excluding carboxylic acids is 3. The molecular formula is C16H16N2O7S2. The van der Waals surface area contributed by atoms with Gasteiger partial charge in [0, 0.05) is 17.4 Å². The maximum Gasteiger partial charge on any atom is 0.352 e. The summed E-state index contributed by atoms with van der Waals surface area (Å²) >= 11 is 2.33. The molecule has 27 heavy (non-hydrogen) atoms. The zero-order valence-corrected chi connectivity index (χ0v) is 15.7. The third kappa shape index (κ3) is 3.84. The van der Waals surface area contributed by atoms with Crippen molar-refractivity contribution < 1.29 is 34.1 Å². The summed E-state index contributed by atoms with van der Waals surface area (Å²) in [6.45, 7) is 0.719. The Labute approximate surface area is 162 Å². The fourth-order valence-electron chi connectivity index (χ4n) is 2.82. The Balaban J connectivity index is 1.75. The van der Waals surface area contributed by atoms with Gasteiger partial charge in [-0.25, -0.2) is 4.79 Å². The fourth-order valence-corrected chi connectivity index (χ4v) is 4.80. The maximum atomic E-state index is 12.5. The minimum atomic E-state index is -1.42. The first-order valence-electron chi connectivity index (χ1n) is 7.87. The Morgan fingerprint density at radius 2 is 2.11 bits per heavy atom. The summed E-state index contributed by atoms with van der Waals surface area (Å²) < 4.78 is 4.79. The number of ether oxygens (including phenoxy) is 1. The van der Waals surface area contributed by atoms with Crippen molar-refractivity contribution in [1.29, 1.82) is 0 Å². The predicted molar refractivity (Wildman–Crippen MR) is 95.5 cm³/mol. The van der Waals surface area contributed by atoms with E-state index in [2.05, 4.69) is 5.32 Å². The van der Waals surface area contributed by atoms with Crippen molar-refractivity contribution in [2.24, 2.45) is 0 Å². The van der Waals surface area contributed by atoms with Gasteiger partial charge in [0.25, 0.3) is 5.91 Å². The van der Waals surface area contributed by atoms with E-state index < -0.39 is 47.0 Å². The van der Waals surface area contributed by atoms with Gasteiger partial charge in [0.2, 0.25) is 5.91 Å². The number of thioether (sulfide) groups is 1. The van der Waals surface area contributed by atoms with Crippen molar-refractivity contribution in [3.8, 4) is 0 Å². The Morgan fingerprint density at radius 3 is 2.70 bits per heavy atom. The van der Waals surface area contributed by atoms with Gasteiger partial charge < -0.3 is 20.3 Å². The summed E-state index contributed by atoms with van der Waals surface area (Å²) in [7, 11) is 0. The molecule has 11 heteroatoms. The second-order valence-corrected chi connectivity index (χ2v) is 8.08. The van der Waals surface area contributed by atoms with Gasteiger partial charge in [-0.2, -0.15) is 0 Å². The van der Waals surface area contributed by atoms with E-state index in [0.29, 0.717) is 0 Å². The molecule has 0 saturated carbocycles. The molecule has 0 bridgehead atoms. The van der Waals surface area contributed by atoms with Crippen molar-refractivity contribution in [2.45, 2.75) is 30.2 Å². The molecule has 144 valence electrons. The van der Waals surface area contributed by atoms with E-state index in [0.717, 1.165) is 28.5 Å². The van der Waals surface area contributed by atoms with Crippen LogP contribution < -0.4 is 5.32 Å². The lowest BCUT2D eigenvalue weighted by atomic mass is 10.0. The lowest BCUT2D eigenvalue weighted by Gasteiger charge is -2.50. The molecule has 1 unspecified atom stereocenters. The lowest BCUT2D eigenvalue weighted by Crippen LogP contribution is -2.71. The summed E-state index contributed by atoms with van der Waals surface area (Å²) in [6.07, 6.45) is 0.112. The standard InChI is InChI=1S/C16H16N2O7S2/c1-7(19)25-6-9-12(15(22)23)18-13(21)11(14(18)27-16(9)24)17-10(20)5-8-3-2-4-26-8/h2-4,11,14,16,24H,5-6H2,1H3,(H,17,20)(H,22,23)/t11-,14-,16?/m1/s1. The lowest BCUT2D eigenvalue weighted by molar-refractivity contribution is -0.151. The number of aliphatic hydroxyl groups is 1. The molecule has 2 aliphatic heterocycles. The Hall–Kier alpha value is -2.37. The molecule has 0 aromatic carbocycles. The van der Waals surface area contributed by atoms with Crippen LogP contribution in [0.1, 0.15) is 11.8 Å². The number of aliphatic carboxylic acids is 1. The summed E-state index contributed by atoms with van der Waals surface area (Å²) in [5.74, 6) is -3.01. The highest BCUT2D eigenvalue weighted by molar-refractivity contribution is 8.00. The number of nitrogens with one attached hydrogen (secondary N) is 1. The van der Waals surface area contributed by atoms with Gasteiger partial charge in [0.15, 0.2) is 0 Å². The quantitative estimate of drug-likeness (QED) is 0.436. The average Bonchev–Trinajstić information content (AvgIpc) is 3.10. The van der Waals surface area contributed by atoms with E-state index in [9.17, 15) is 29.4 Å². The molecule has 1 saturated heterocycles. The molecule has 2 aliphatic rings. The largest absolute Gasteiger partial charge is 0.477 e. The van der Waals surface area contributed by atoms with Crippen LogP contribution >= 0.6 is 23.1 Å². The number of carboxylic acid groups (broad SMARTS) is 1. The number of fused-ring (bicyclic) bond motifs is 1. The van der Waals surface area contributed by atoms with Gasteiger partial charge in [-0.3, -0.25) is 19.3 Å². The first-order chi connectivity index (χ1) is 12.8. The van der Waals surface area contributed by atoms with Crippen LogP contribution in [-0.4, -0.2) is 62.3 Å². The Morgan fingerprint density at radius 1 is 1.37 bits per heavy atom. The minimum absolute atomic E-state index is 0.0735. The number of carbonyl (C=O) groups is 4. The molecule has 0 radical (unpaired) electrons. The van der Waals surface area contributed by atoms with Crippen molar-refractivity contribution in [2.75, 3.05) is 6.61 Å². The van der Waals surface area contributed by atoms with Gasteiger partial charge in [-0.05, 0) is 11.4 Å². The topological polar surface area (TPSA) is 133 Å². The second kappa shape index (κ2) is 7.71. The summed E-state index contributed by atoms with van der Waals surface area (Å²) in [5, 5.41) is 23.4. The zero-order chi connectivity index (χ0) is 19.7. The number of amides is 2. The molecule has 3 heterocycles. The third-order valence-corrected chi connectivity index (χ3v) is 6.20. The smallest absolute Gasteiger partial charge is 0.352 e. The number of nitrogens with zero attached hydrogens (tertiary/aromatic N) is 1. The molecule has 1 aromatic rings. The number of esters is 1. The molecule has 0 aliphatic carbocycles. The summed E-state index contributed by atoms with van der Waals surface area (Å²) in [4.78, 5) is 49.1. The predicted octanol–water partition coefficient (Wildman–Crippen LogP) is -0.0893. The molecule has 3 atom stereocenters. The van der Waals surface area contributed by atoms with Crippen LogP contribution in [0.3, 0.4) is 0 Å². The fraction of sp³-hybridized carbons (Fsp3) is 0.375. The van der Waals surface area contributed by atoms with Crippen LogP contribution in [0.15, 0.2) is 28.8 Å². The molecule has 3 rings (SSSR count). The van der Waals surface area contributed by atoms with Crippen LogP contribution in [0.5, 0.6) is 0 Å². The van der Waals surface area contributed by atoms with E-state index in [4.69, 9.17) is 4.74 Å². The molecular weight excluding hydrogens is 396 g/mol. The van der Waals surface area contributed by atoms with Crippen LogP contribution in [0.25, 0.3) is 0 Å². The molecule has 3 N–H and O–H groups in total. The monoisotopic (exact) mass is 412 g/mol. The van der Waals surface area contributed by atoms with Crippen LogP contribution in [0, 0.1) is 0 Å². The van der Waals surface area contributed by atoms with E-state index in [1.807, 2.05) is 11.4 Å².